The monoisotopic (exact) mass is 1300 g/mol. The number of urea groups is 2. The highest BCUT2D eigenvalue weighted by molar-refractivity contribution is 7.86. The smallest absolute Gasteiger partial charge is 0.316 e. The van der Waals surface area contributed by atoms with Crippen LogP contribution >= 0.6 is 0 Å². The maximum Gasteiger partial charge on any atom is 0.316 e. The van der Waals surface area contributed by atoms with Crippen molar-refractivity contribution in [3.05, 3.63) is 133 Å². The number of nitrogens with two attached hydrogens (primary N) is 2. The third-order valence-corrected chi connectivity index (χ3v) is 14.6. The lowest BCUT2D eigenvalue weighted by molar-refractivity contribution is 0.258. The molecule has 0 spiro atoms. The number of carbonyl (C=O) groups is 2. The average molecular weight is 1300 g/mol. The second kappa shape index (κ2) is 26.8. The van der Waals surface area contributed by atoms with Crippen molar-refractivity contribution in [1.29, 1.82) is 0 Å². The summed E-state index contributed by atoms with van der Waals surface area (Å²) in [5, 5.41) is 48.0. The summed E-state index contributed by atoms with van der Waals surface area (Å²) in [5.41, 5.74) is 10.4. The molecule has 0 bridgehead atoms. The van der Waals surface area contributed by atoms with Crippen LogP contribution in [0, 0.1) is 13.0 Å². The van der Waals surface area contributed by atoms with Crippen molar-refractivity contribution < 1.29 is 65.9 Å². The number of rotatable bonds is 23. The molecule has 36 nitrogen and oxygen atoms in total. The molecule has 0 saturated carbocycles. The quantitative estimate of drug-likeness (QED) is 0.0209. The minimum atomic E-state index is -4.96. The van der Waals surface area contributed by atoms with E-state index in [1.807, 2.05) is 0 Å². The topological polar surface area (TPSA) is 552 Å². The molecule has 460 valence electrons. The number of benzene rings is 6. The molecule has 6 aromatic carbocycles. The normalized spacial score (nSPS) is 12.6. The lowest BCUT2D eigenvalue weighted by Crippen LogP contribution is -2.27. The molecule has 0 aliphatic heterocycles. The molecule has 0 saturated heterocycles. The van der Waals surface area contributed by atoms with Crippen molar-refractivity contribution in [3.63, 3.8) is 0 Å². The molecule has 41 heteroatoms. The molecule has 2 aromatic heterocycles. The van der Waals surface area contributed by atoms with Crippen molar-refractivity contribution in [1.82, 2.24) is 29.9 Å². The van der Waals surface area contributed by atoms with E-state index in [0.29, 0.717) is 0 Å². The lowest BCUT2D eigenvalue weighted by atomic mass is 10.2. The summed E-state index contributed by atoms with van der Waals surface area (Å²) in [6.07, 6.45) is -1.20. The van der Waals surface area contributed by atoms with E-state index in [1.165, 1.54) is 72.8 Å². The Morgan fingerprint density at radius 3 is 1.27 bits per heavy atom. The Balaban J connectivity index is 0.909. The molecule has 14 N–H and O–H groups in total. The van der Waals surface area contributed by atoms with Crippen molar-refractivity contribution in [3.8, 4) is 0 Å². The Morgan fingerprint density at radius 1 is 0.472 bits per heavy atom. The van der Waals surface area contributed by atoms with E-state index in [-0.39, 0.29) is 104 Å². The summed E-state index contributed by atoms with van der Waals surface area (Å²) in [6, 6.07) is 21.5. The lowest BCUT2D eigenvalue weighted by Gasteiger charge is -2.16. The van der Waals surface area contributed by atoms with Gasteiger partial charge in [0.1, 0.15) is 38.4 Å². The predicted octanol–water partition coefficient (Wildman–Crippen LogP) is 9.53. The molecule has 8 aromatic rings. The van der Waals surface area contributed by atoms with Crippen LogP contribution in [-0.4, -0.2) is 106 Å². The van der Waals surface area contributed by atoms with Crippen LogP contribution in [0.4, 0.5) is 106 Å². The van der Waals surface area contributed by atoms with Gasteiger partial charge in [0.2, 0.25) is 23.8 Å². The van der Waals surface area contributed by atoms with E-state index in [9.17, 15) is 65.9 Å². The number of nitrogens with zero attached hydrogens (tertiary/aromatic N) is 14. The predicted molar refractivity (Wildman–Crippen MR) is 314 cm³/mol. The second-order valence-electron chi connectivity index (χ2n) is 17.9. The van der Waals surface area contributed by atoms with Gasteiger partial charge in [-0.2, -0.15) is 88.4 Å². The summed E-state index contributed by atoms with van der Waals surface area (Å²) in [6.45, 7) is 3.33. The van der Waals surface area contributed by atoms with E-state index < -0.39 is 84.2 Å². The van der Waals surface area contributed by atoms with Gasteiger partial charge in [0.15, 0.2) is 0 Å². The van der Waals surface area contributed by atoms with E-state index >= 15 is 0 Å². The van der Waals surface area contributed by atoms with Crippen molar-refractivity contribution >= 4 is 145 Å². The Kier molecular flexibility index (Phi) is 19.3. The minimum absolute atomic E-state index is 0.0119. The molecule has 0 aliphatic rings. The van der Waals surface area contributed by atoms with Gasteiger partial charge in [0.25, 0.3) is 40.5 Å². The number of halogens is 1. The number of aryl methyl sites for hydroxylation is 1. The molecule has 1 unspecified atom stereocenters. The molecule has 0 aliphatic carbocycles. The van der Waals surface area contributed by atoms with Crippen LogP contribution in [0.25, 0.3) is 0 Å². The van der Waals surface area contributed by atoms with Crippen molar-refractivity contribution in [2.45, 2.75) is 39.5 Å². The molecule has 0 fully saturated rings. The number of aromatic nitrogens is 6. The standard InChI is InChI=1S/C48H43FN22O14S4/c1-24(53-46-60-42(49)61-48(63-46)57-29-8-16-35(39(20-29)59-44(51)73)69-71-37-18-10-31(22-41(37)89(83,84)85)67-65-27-5-13-33(14-6-27)87(77,78)79)23-52-45-54-25(2)55-47(62-45)56-28-7-15-34(38(19-28)58-43(50)72)68-70-36-17-9-30(21-40(36)88(80,81)82)66-64-26-3-11-32(12-4-26)86(74,75)76/h3-22,24H,23H2,1-2H3,(H3,50,58,72)(H3,51,59,73)(H,74,75,76)(H,77,78,79)(H,80,81,82)(H,83,84,85)(H2,52,54,55,56,62)(H2,53,57,60,61,63)/b66-64+,67-65+,70-68+,71-69+. The largest absolute Gasteiger partial charge is 0.352 e. The summed E-state index contributed by atoms with van der Waals surface area (Å²) in [4.78, 5) is 46.4. The number of hydrogen-bond acceptors (Lipinski definition) is 28. The van der Waals surface area contributed by atoms with E-state index in [0.717, 1.165) is 48.5 Å². The summed E-state index contributed by atoms with van der Waals surface area (Å²) in [5.74, 6) is -0.214. The fourth-order valence-corrected chi connectivity index (χ4v) is 9.50. The molecule has 4 amide bonds. The summed E-state index contributed by atoms with van der Waals surface area (Å²) in [7, 11) is -18.8. The number of anilines is 8. The van der Waals surface area contributed by atoms with Crippen LogP contribution in [0.5, 0.6) is 0 Å². The van der Waals surface area contributed by atoms with Crippen LogP contribution in [0.15, 0.2) is 182 Å². The number of carbonyl (C=O) groups excluding carboxylic acids is 2. The van der Waals surface area contributed by atoms with Gasteiger partial charge in [0, 0.05) is 24.0 Å². The molecule has 2 heterocycles. The number of nitrogens with one attached hydrogen (secondary N) is 6. The third kappa shape index (κ3) is 18.3. The SMILES string of the molecule is Cc1nc(NCC(C)Nc2nc(F)nc(Nc3ccc(/N=N/c4ccc(/N=N/c5ccc(S(=O)(=O)O)cc5)cc4S(=O)(=O)O)c(NC(N)=O)c3)n2)nc(Nc2ccc(/N=N/c3ccc(/N=N/c4ccc(S(=O)(=O)O)cc4)cc3S(=O)(=O)O)c(NC(N)=O)c2)n1. The van der Waals surface area contributed by atoms with Crippen LogP contribution in [0.3, 0.4) is 0 Å². The maximum atomic E-state index is 14.9. The molecular weight excluding hydrogens is 1260 g/mol. The third-order valence-electron chi connectivity index (χ3n) is 11.1. The van der Waals surface area contributed by atoms with Gasteiger partial charge in [-0.25, -0.2) is 9.59 Å². The first kappa shape index (κ1) is 64.1. The van der Waals surface area contributed by atoms with Gasteiger partial charge >= 0.3 is 18.1 Å². The number of azo groups is 4. The van der Waals surface area contributed by atoms with E-state index in [4.69, 9.17) is 11.5 Å². The van der Waals surface area contributed by atoms with Gasteiger partial charge in [-0.3, -0.25) is 18.2 Å². The molecule has 89 heavy (non-hydrogen) atoms. The zero-order valence-corrected chi connectivity index (χ0v) is 48.4. The van der Waals surface area contributed by atoms with Crippen molar-refractivity contribution in [2.24, 2.45) is 52.4 Å². The van der Waals surface area contributed by atoms with Crippen LogP contribution in [0.1, 0.15) is 12.7 Å². The van der Waals surface area contributed by atoms with Gasteiger partial charge in [-0.15, -0.1) is 20.5 Å². The highest BCUT2D eigenvalue weighted by Crippen LogP contribution is 2.37. The second-order valence-corrected chi connectivity index (χ2v) is 23.5. The first-order valence-electron chi connectivity index (χ1n) is 24.5. The van der Waals surface area contributed by atoms with Crippen LogP contribution < -0.4 is 43.4 Å². The van der Waals surface area contributed by atoms with Gasteiger partial charge < -0.3 is 43.4 Å². The first-order chi connectivity index (χ1) is 41.9. The Bertz CT molecular complexity index is 4670. The molecule has 0 radical (unpaired) electrons. The first-order valence-corrected chi connectivity index (χ1v) is 30.3. The summed E-state index contributed by atoms with van der Waals surface area (Å²) >= 11 is 0. The van der Waals surface area contributed by atoms with Crippen LogP contribution in [-0.2, 0) is 40.5 Å². The zero-order valence-electron chi connectivity index (χ0n) is 45.1. The fourth-order valence-electron chi connectivity index (χ4n) is 7.25. The van der Waals surface area contributed by atoms with Gasteiger partial charge in [0.05, 0.1) is 43.9 Å². The van der Waals surface area contributed by atoms with Crippen LogP contribution in [0.2, 0.25) is 0 Å². The maximum absolute atomic E-state index is 14.9. The Hall–Kier alpha value is -11.0. The highest BCUT2D eigenvalue weighted by Gasteiger charge is 2.21. The number of amides is 4. The van der Waals surface area contributed by atoms with Gasteiger partial charge in [-0.1, -0.05) is 0 Å². The fraction of sp³-hybridized carbons (Fsp3) is 0.0833. The van der Waals surface area contributed by atoms with E-state index in [2.05, 4.69) is 103 Å². The average Bonchev–Trinajstić information content (AvgIpc) is 3.58. The zero-order chi connectivity index (χ0) is 64.4. The minimum Gasteiger partial charge on any atom is -0.352 e. The summed E-state index contributed by atoms with van der Waals surface area (Å²) < 4.78 is 148. The number of hydrogen-bond donors (Lipinski definition) is 12. The van der Waals surface area contributed by atoms with Crippen molar-refractivity contribution in [2.75, 3.05) is 38.4 Å². The Morgan fingerprint density at radius 2 is 0.843 bits per heavy atom. The number of primary amides is 2. The van der Waals surface area contributed by atoms with E-state index in [1.54, 1.807) is 13.8 Å². The highest BCUT2D eigenvalue weighted by atomic mass is 32.2. The van der Waals surface area contributed by atoms with Gasteiger partial charge in [-0.05, 0) is 135 Å². The molecular formula is C48H43FN22O14S4. The molecule has 1 atom stereocenters. The molecule has 8 rings (SSSR count). The Labute approximate surface area is 501 Å².